The van der Waals surface area contributed by atoms with Crippen LogP contribution in [0, 0.1) is 5.41 Å². The molecule has 3 unspecified atom stereocenters. The monoisotopic (exact) mass is 371 g/mol. The number of ketones is 1. The Morgan fingerprint density at radius 3 is 2.52 bits per heavy atom. The van der Waals surface area contributed by atoms with Crippen molar-refractivity contribution < 1.29 is 23.9 Å². The Balaban J connectivity index is 1.76. The van der Waals surface area contributed by atoms with Crippen molar-refractivity contribution in [1.82, 2.24) is 5.32 Å². The average Bonchev–Trinajstić information content (AvgIpc) is 2.86. The van der Waals surface area contributed by atoms with Gasteiger partial charge in [0, 0.05) is 6.42 Å². The highest BCUT2D eigenvalue weighted by molar-refractivity contribution is 6.45. The predicted octanol–water partition coefficient (Wildman–Crippen LogP) is 2.25. The van der Waals surface area contributed by atoms with Crippen LogP contribution >= 0.6 is 0 Å². The molecular weight excluding hydrogens is 346 g/mol. The molecule has 27 heavy (non-hydrogen) atoms. The molecule has 1 aromatic rings. The Morgan fingerprint density at radius 2 is 1.85 bits per heavy atom. The Morgan fingerprint density at radius 1 is 1.15 bits per heavy atom. The fraction of sp³-hybridized carbons (Fsp3) is 0.571. The van der Waals surface area contributed by atoms with Crippen molar-refractivity contribution in [2.24, 2.45) is 5.41 Å². The lowest BCUT2D eigenvalue weighted by Gasteiger charge is -2.57. The Kier molecular flexibility index (Phi) is 4.54. The molecule has 2 saturated carbocycles. The molecule has 4 rings (SSSR count). The second-order valence-corrected chi connectivity index (χ2v) is 7.67. The highest BCUT2D eigenvalue weighted by Gasteiger charge is 2.81. The molecule has 0 aromatic heterocycles. The van der Waals surface area contributed by atoms with Gasteiger partial charge in [-0.3, -0.25) is 14.4 Å². The highest BCUT2D eigenvalue weighted by Crippen LogP contribution is 2.62. The molecule has 3 aliphatic rings. The van der Waals surface area contributed by atoms with E-state index < -0.39 is 34.7 Å². The van der Waals surface area contributed by atoms with Crippen molar-refractivity contribution in [2.45, 2.75) is 63.2 Å². The zero-order valence-corrected chi connectivity index (χ0v) is 15.5. The molecule has 3 fully saturated rings. The summed E-state index contributed by atoms with van der Waals surface area (Å²) in [5, 5.41) is 2.84. The van der Waals surface area contributed by atoms with E-state index in [0.29, 0.717) is 5.56 Å². The van der Waals surface area contributed by atoms with Gasteiger partial charge in [-0.25, -0.2) is 0 Å². The van der Waals surface area contributed by atoms with Crippen LogP contribution < -0.4 is 5.32 Å². The summed E-state index contributed by atoms with van der Waals surface area (Å²) >= 11 is 0. The summed E-state index contributed by atoms with van der Waals surface area (Å²) < 4.78 is 11.6. The molecule has 6 heteroatoms. The third-order valence-electron chi connectivity index (χ3n) is 6.31. The molecule has 0 spiro atoms. The standard InChI is InChI=1S/C21H25NO5/c1-2-26-19(25)20-13-16(27-15-11-7-4-8-12-15)21(20,22-18(24)17(20)23)14-9-5-3-6-10-14/h3,5-6,9-10,15-16H,2,4,7-8,11-13H2,1H3,(H,22,24). The van der Waals surface area contributed by atoms with Gasteiger partial charge in [-0.05, 0) is 25.3 Å². The first-order chi connectivity index (χ1) is 13.1. The zero-order valence-electron chi connectivity index (χ0n) is 15.5. The molecule has 3 atom stereocenters. The molecule has 6 nitrogen and oxygen atoms in total. The summed E-state index contributed by atoms with van der Waals surface area (Å²) in [6.45, 7) is 1.85. The predicted molar refractivity (Wildman–Crippen MR) is 96.7 cm³/mol. The van der Waals surface area contributed by atoms with E-state index in [0.717, 1.165) is 25.7 Å². The van der Waals surface area contributed by atoms with Crippen molar-refractivity contribution >= 4 is 17.7 Å². The third-order valence-corrected chi connectivity index (χ3v) is 6.31. The second kappa shape index (κ2) is 6.75. The van der Waals surface area contributed by atoms with E-state index in [2.05, 4.69) is 5.32 Å². The molecule has 1 aliphatic heterocycles. The minimum Gasteiger partial charge on any atom is -0.465 e. The summed E-state index contributed by atoms with van der Waals surface area (Å²) in [6, 6.07) is 9.21. The molecule has 0 radical (unpaired) electrons. The van der Waals surface area contributed by atoms with Crippen molar-refractivity contribution in [3.63, 3.8) is 0 Å². The maximum atomic E-state index is 12.9. The molecule has 1 amide bonds. The summed E-state index contributed by atoms with van der Waals surface area (Å²) in [6.07, 6.45) is 5.21. The molecule has 0 bridgehead atoms. The number of hydrogen-bond acceptors (Lipinski definition) is 5. The minimum atomic E-state index is -1.54. The van der Waals surface area contributed by atoms with Gasteiger partial charge < -0.3 is 14.8 Å². The van der Waals surface area contributed by atoms with E-state index in [1.807, 2.05) is 30.3 Å². The lowest BCUT2D eigenvalue weighted by Crippen LogP contribution is -2.73. The van der Waals surface area contributed by atoms with E-state index in [4.69, 9.17) is 9.47 Å². The topological polar surface area (TPSA) is 81.7 Å². The lowest BCUT2D eigenvalue weighted by molar-refractivity contribution is -0.209. The first-order valence-electron chi connectivity index (χ1n) is 9.81. The van der Waals surface area contributed by atoms with Crippen molar-refractivity contribution in [2.75, 3.05) is 6.61 Å². The molecule has 1 N–H and O–H groups in total. The normalized spacial score (nSPS) is 33.1. The zero-order chi connectivity index (χ0) is 19.1. The summed E-state index contributed by atoms with van der Waals surface area (Å²) in [4.78, 5) is 38.2. The van der Waals surface area contributed by atoms with Gasteiger partial charge in [-0.1, -0.05) is 49.6 Å². The number of carbonyl (C=O) groups is 3. The minimum absolute atomic E-state index is 0.0946. The number of fused-ring (bicyclic) bond motifs is 1. The van der Waals surface area contributed by atoms with E-state index in [-0.39, 0.29) is 19.1 Å². The van der Waals surface area contributed by atoms with Gasteiger partial charge in [-0.15, -0.1) is 0 Å². The maximum Gasteiger partial charge on any atom is 0.323 e. The number of amides is 1. The summed E-state index contributed by atoms with van der Waals surface area (Å²) in [7, 11) is 0. The highest BCUT2D eigenvalue weighted by atomic mass is 16.5. The van der Waals surface area contributed by atoms with E-state index >= 15 is 0 Å². The average molecular weight is 371 g/mol. The van der Waals surface area contributed by atoms with Gasteiger partial charge >= 0.3 is 5.97 Å². The van der Waals surface area contributed by atoms with Crippen LogP contribution in [0.25, 0.3) is 0 Å². The first kappa shape index (κ1) is 18.2. The van der Waals surface area contributed by atoms with Crippen molar-refractivity contribution in [3.05, 3.63) is 35.9 Å². The molecule has 144 valence electrons. The van der Waals surface area contributed by atoms with E-state index in [1.165, 1.54) is 6.42 Å². The SMILES string of the molecule is CCOC(=O)C12CC(OC3CCCCC3)C1(c1ccccc1)NC(=O)C2=O. The van der Waals surface area contributed by atoms with Crippen LogP contribution in [0.4, 0.5) is 0 Å². The van der Waals surface area contributed by atoms with Gasteiger partial charge in [-0.2, -0.15) is 0 Å². The van der Waals surface area contributed by atoms with Gasteiger partial charge in [0.2, 0.25) is 5.78 Å². The molecular formula is C21H25NO5. The van der Waals surface area contributed by atoms with Crippen LogP contribution in [0.2, 0.25) is 0 Å². The summed E-state index contributed by atoms with van der Waals surface area (Å²) in [5.41, 5.74) is -2.02. The quantitative estimate of drug-likeness (QED) is 0.488. The fourth-order valence-corrected chi connectivity index (χ4v) is 5.01. The van der Waals surface area contributed by atoms with Crippen LogP contribution in [-0.2, 0) is 29.4 Å². The van der Waals surface area contributed by atoms with Crippen LogP contribution in [0.1, 0.15) is 51.0 Å². The molecule has 1 aromatic carbocycles. The summed E-state index contributed by atoms with van der Waals surface area (Å²) in [5.74, 6) is -2.09. The van der Waals surface area contributed by atoms with Crippen LogP contribution in [0.15, 0.2) is 30.3 Å². The van der Waals surface area contributed by atoms with Gasteiger partial charge in [0.05, 0.1) is 18.8 Å². The molecule has 1 saturated heterocycles. The van der Waals surface area contributed by atoms with Crippen molar-refractivity contribution in [3.8, 4) is 0 Å². The number of ether oxygens (including phenoxy) is 2. The maximum absolute atomic E-state index is 12.9. The van der Waals surface area contributed by atoms with Gasteiger partial charge in [0.15, 0.2) is 5.41 Å². The molecule has 2 aliphatic carbocycles. The largest absolute Gasteiger partial charge is 0.465 e. The third kappa shape index (κ3) is 2.46. The first-order valence-corrected chi connectivity index (χ1v) is 9.81. The Labute approximate surface area is 158 Å². The van der Waals surface area contributed by atoms with Gasteiger partial charge in [0.1, 0.15) is 5.54 Å². The van der Waals surface area contributed by atoms with E-state index in [1.54, 1.807) is 6.92 Å². The van der Waals surface area contributed by atoms with Crippen LogP contribution in [0.5, 0.6) is 0 Å². The fourth-order valence-electron chi connectivity index (χ4n) is 5.01. The Hall–Kier alpha value is -2.21. The molecule has 1 heterocycles. The number of nitrogens with one attached hydrogen (secondary N) is 1. The number of rotatable bonds is 5. The smallest absolute Gasteiger partial charge is 0.323 e. The number of hydrogen-bond donors (Lipinski definition) is 1. The van der Waals surface area contributed by atoms with Crippen molar-refractivity contribution in [1.29, 1.82) is 0 Å². The number of esters is 1. The number of benzene rings is 1. The Bertz CT molecular complexity index is 757. The van der Waals surface area contributed by atoms with Crippen LogP contribution in [-0.4, -0.2) is 36.5 Å². The number of Topliss-reactive ketones (excluding diaryl/α,β-unsaturated/α-hetero) is 1. The second-order valence-electron chi connectivity index (χ2n) is 7.67. The van der Waals surface area contributed by atoms with Gasteiger partial charge in [0.25, 0.3) is 5.91 Å². The number of carbonyl (C=O) groups excluding carboxylic acids is 3. The van der Waals surface area contributed by atoms with E-state index in [9.17, 15) is 14.4 Å². The lowest BCUT2D eigenvalue weighted by atomic mass is 9.50. The van der Waals surface area contributed by atoms with Crippen LogP contribution in [0.3, 0.4) is 0 Å².